The number of hydrogen-bond donors (Lipinski definition) is 1. The molecule has 10 nitrogen and oxygen atoms in total. The zero-order valence-corrected chi connectivity index (χ0v) is 16.9. The fourth-order valence-corrected chi connectivity index (χ4v) is 4.82. The van der Waals surface area contributed by atoms with Gasteiger partial charge in [-0.05, 0) is 18.4 Å². The van der Waals surface area contributed by atoms with Gasteiger partial charge in [0.05, 0.1) is 9.82 Å². The lowest BCUT2D eigenvalue weighted by Gasteiger charge is -2.34. The third kappa shape index (κ3) is 4.91. The molecule has 3 rings (SSSR count). The third-order valence-corrected chi connectivity index (χ3v) is 7.24. The summed E-state index contributed by atoms with van der Waals surface area (Å²) in [5.74, 6) is 0.319. The minimum absolute atomic E-state index is 0.0156. The molecule has 2 fully saturated rings. The molecule has 0 bridgehead atoms. The van der Waals surface area contributed by atoms with Crippen LogP contribution in [0.1, 0.15) is 19.8 Å². The summed E-state index contributed by atoms with van der Waals surface area (Å²) in [6, 6.07) is 4.93. The number of nitrogens with one attached hydrogen (secondary N) is 1. The molecular weight excluding hydrogens is 400 g/mol. The second kappa shape index (κ2) is 8.46. The van der Waals surface area contributed by atoms with E-state index in [9.17, 15) is 28.1 Å². The number of amides is 2. The predicted molar refractivity (Wildman–Crippen MR) is 103 cm³/mol. The molecule has 29 heavy (non-hydrogen) atoms. The van der Waals surface area contributed by atoms with Crippen LogP contribution >= 0.6 is 0 Å². The summed E-state index contributed by atoms with van der Waals surface area (Å²) in [6.45, 7) is 2.98. The number of non-ortho nitro benzene ring substituents is 1. The Labute approximate surface area is 169 Å². The smallest absolute Gasteiger partial charge is 0.270 e. The van der Waals surface area contributed by atoms with E-state index in [4.69, 9.17) is 0 Å². The van der Waals surface area contributed by atoms with Crippen molar-refractivity contribution in [2.24, 2.45) is 11.8 Å². The number of rotatable bonds is 7. The van der Waals surface area contributed by atoms with Gasteiger partial charge in [0.1, 0.15) is 0 Å². The molecule has 2 aliphatic rings. The normalized spacial score (nSPS) is 22.2. The Kier molecular flexibility index (Phi) is 6.18. The second-order valence-electron chi connectivity index (χ2n) is 7.40. The molecule has 2 unspecified atom stereocenters. The Balaban J connectivity index is 1.50. The average molecular weight is 424 g/mol. The largest absolute Gasteiger partial charge is 0.355 e. The number of sulfonamides is 1. The second-order valence-corrected chi connectivity index (χ2v) is 9.34. The van der Waals surface area contributed by atoms with Gasteiger partial charge in [-0.2, -0.15) is 4.31 Å². The van der Waals surface area contributed by atoms with Crippen molar-refractivity contribution in [1.82, 2.24) is 14.5 Å². The number of piperazine rings is 1. The van der Waals surface area contributed by atoms with Crippen molar-refractivity contribution < 1.29 is 22.9 Å². The minimum Gasteiger partial charge on any atom is -0.355 e. The number of carbonyl (C=O) groups is 2. The van der Waals surface area contributed by atoms with Crippen LogP contribution in [0.25, 0.3) is 0 Å². The molecule has 0 radical (unpaired) electrons. The SMILES string of the molecule is CC1CC1C(=O)NCCC(=O)N1CCN(S(=O)(=O)c2cccc([N+](=O)[O-])c2)CC1. The van der Waals surface area contributed by atoms with Crippen molar-refractivity contribution in [2.45, 2.75) is 24.7 Å². The van der Waals surface area contributed by atoms with E-state index in [2.05, 4.69) is 5.32 Å². The zero-order chi connectivity index (χ0) is 21.2. The van der Waals surface area contributed by atoms with E-state index in [0.717, 1.165) is 12.5 Å². The van der Waals surface area contributed by atoms with Gasteiger partial charge in [0.25, 0.3) is 5.69 Å². The summed E-state index contributed by atoms with van der Waals surface area (Å²) in [6.07, 6.45) is 1.06. The molecule has 1 aliphatic heterocycles. The Bertz CT molecular complexity index is 911. The zero-order valence-electron chi connectivity index (χ0n) is 16.1. The highest BCUT2D eigenvalue weighted by Gasteiger charge is 2.39. The van der Waals surface area contributed by atoms with Crippen LogP contribution in [0.3, 0.4) is 0 Å². The van der Waals surface area contributed by atoms with Crippen LogP contribution in [0.2, 0.25) is 0 Å². The Morgan fingerprint density at radius 3 is 2.48 bits per heavy atom. The molecule has 1 aliphatic carbocycles. The number of nitro benzene ring substituents is 1. The molecule has 1 saturated heterocycles. The molecule has 1 N–H and O–H groups in total. The maximum absolute atomic E-state index is 12.7. The van der Waals surface area contributed by atoms with Crippen molar-refractivity contribution in [3.05, 3.63) is 34.4 Å². The quantitative estimate of drug-likeness (QED) is 0.504. The highest BCUT2D eigenvalue weighted by molar-refractivity contribution is 7.89. The average Bonchev–Trinajstić information content (AvgIpc) is 3.44. The van der Waals surface area contributed by atoms with Crippen LogP contribution in [0.5, 0.6) is 0 Å². The van der Waals surface area contributed by atoms with Crippen molar-refractivity contribution >= 4 is 27.5 Å². The van der Waals surface area contributed by atoms with E-state index < -0.39 is 14.9 Å². The number of nitrogens with zero attached hydrogens (tertiary/aromatic N) is 3. The van der Waals surface area contributed by atoms with E-state index in [-0.39, 0.29) is 67.5 Å². The van der Waals surface area contributed by atoms with E-state index in [1.54, 1.807) is 4.90 Å². The standard InChI is InChI=1S/C18H24N4O6S/c1-13-11-16(13)18(24)19-6-5-17(23)20-7-9-21(10-8-20)29(27,28)15-4-2-3-14(12-15)22(25)26/h2-4,12-13,16H,5-11H2,1H3,(H,19,24). The van der Waals surface area contributed by atoms with Crippen LogP contribution in [0.4, 0.5) is 5.69 Å². The van der Waals surface area contributed by atoms with Gasteiger partial charge in [-0.1, -0.05) is 13.0 Å². The van der Waals surface area contributed by atoms with Gasteiger partial charge in [0, 0.05) is 57.2 Å². The van der Waals surface area contributed by atoms with Crippen molar-refractivity contribution in [3.63, 3.8) is 0 Å². The van der Waals surface area contributed by atoms with Gasteiger partial charge in [0.2, 0.25) is 21.8 Å². The van der Waals surface area contributed by atoms with Crippen molar-refractivity contribution in [2.75, 3.05) is 32.7 Å². The third-order valence-electron chi connectivity index (χ3n) is 5.34. The first-order valence-corrected chi connectivity index (χ1v) is 10.9. The monoisotopic (exact) mass is 424 g/mol. The van der Waals surface area contributed by atoms with Crippen molar-refractivity contribution in [1.29, 1.82) is 0 Å². The minimum atomic E-state index is -3.87. The fraction of sp³-hybridized carbons (Fsp3) is 0.556. The topological polar surface area (TPSA) is 130 Å². The lowest BCUT2D eigenvalue weighted by molar-refractivity contribution is -0.385. The van der Waals surface area contributed by atoms with Gasteiger partial charge >= 0.3 is 0 Å². The van der Waals surface area contributed by atoms with E-state index in [1.807, 2.05) is 6.92 Å². The predicted octanol–water partition coefficient (Wildman–Crippen LogP) is 0.590. The number of carbonyl (C=O) groups excluding carboxylic acids is 2. The molecule has 1 aromatic rings. The Morgan fingerprint density at radius 2 is 1.90 bits per heavy atom. The highest BCUT2D eigenvalue weighted by Crippen LogP contribution is 2.37. The molecule has 1 saturated carbocycles. The summed E-state index contributed by atoms with van der Waals surface area (Å²) in [5, 5.41) is 13.7. The van der Waals surface area contributed by atoms with Crippen LogP contribution < -0.4 is 5.32 Å². The first kappa shape index (κ1) is 21.2. The van der Waals surface area contributed by atoms with Gasteiger partial charge in [-0.3, -0.25) is 19.7 Å². The summed E-state index contributed by atoms with van der Waals surface area (Å²) < 4.78 is 26.7. The van der Waals surface area contributed by atoms with Crippen LogP contribution in [0.15, 0.2) is 29.2 Å². The molecule has 2 amide bonds. The molecule has 0 aromatic heterocycles. The van der Waals surface area contributed by atoms with Crippen LogP contribution in [-0.2, 0) is 19.6 Å². The number of benzene rings is 1. The van der Waals surface area contributed by atoms with E-state index in [0.29, 0.717) is 5.92 Å². The first-order chi connectivity index (χ1) is 13.7. The molecule has 1 heterocycles. The van der Waals surface area contributed by atoms with Gasteiger partial charge in [0.15, 0.2) is 0 Å². The summed E-state index contributed by atoms with van der Waals surface area (Å²) in [4.78, 5) is 35.8. The van der Waals surface area contributed by atoms with Gasteiger partial charge < -0.3 is 10.2 Å². The first-order valence-electron chi connectivity index (χ1n) is 9.50. The van der Waals surface area contributed by atoms with Crippen LogP contribution in [-0.4, -0.2) is 67.1 Å². The lowest BCUT2D eigenvalue weighted by Crippen LogP contribution is -2.50. The summed E-state index contributed by atoms with van der Waals surface area (Å²) in [7, 11) is -3.87. The highest BCUT2D eigenvalue weighted by atomic mass is 32.2. The summed E-state index contributed by atoms with van der Waals surface area (Å²) >= 11 is 0. The Morgan fingerprint density at radius 1 is 1.24 bits per heavy atom. The maximum atomic E-state index is 12.7. The molecule has 158 valence electrons. The van der Waals surface area contributed by atoms with Gasteiger partial charge in [-0.15, -0.1) is 0 Å². The number of nitro groups is 1. The summed E-state index contributed by atoms with van der Waals surface area (Å²) in [5.41, 5.74) is -0.289. The molecule has 2 atom stereocenters. The van der Waals surface area contributed by atoms with E-state index in [1.165, 1.54) is 22.5 Å². The van der Waals surface area contributed by atoms with Crippen LogP contribution in [0, 0.1) is 22.0 Å². The van der Waals surface area contributed by atoms with E-state index >= 15 is 0 Å². The molecular formula is C18H24N4O6S. The lowest BCUT2D eigenvalue weighted by atomic mass is 10.3. The molecule has 11 heteroatoms. The van der Waals surface area contributed by atoms with Crippen molar-refractivity contribution in [3.8, 4) is 0 Å². The maximum Gasteiger partial charge on any atom is 0.270 e. The Hall–Kier alpha value is -2.53. The van der Waals surface area contributed by atoms with Gasteiger partial charge in [-0.25, -0.2) is 8.42 Å². The molecule has 0 spiro atoms. The fourth-order valence-electron chi connectivity index (χ4n) is 3.35. The number of hydrogen-bond acceptors (Lipinski definition) is 6. The molecule has 1 aromatic carbocycles.